The Morgan fingerprint density at radius 2 is 0.700 bits per heavy atom. The van der Waals surface area contributed by atoms with Crippen LogP contribution in [0, 0.1) is 6.08 Å². The maximum absolute atomic E-state index is 3.38. The summed E-state index contributed by atoms with van der Waals surface area (Å²) in [4.78, 5) is 0. The minimum absolute atomic E-state index is 1.09. The fraction of sp³-hybridized carbons (Fsp3) is 0.600. The number of rotatable bonds is 0. The maximum atomic E-state index is 3.38. The number of hydrogen-bond acceptors (Lipinski definition) is 0. The molecule has 0 aromatic heterocycles. The molecule has 0 heteroatoms. The van der Waals surface area contributed by atoms with Crippen LogP contribution in [0.4, 0.5) is 0 Å². The third kappa shape index (κ3) is 21.2. The highest BCUT2D eigenvalue weighted by Gasteiger charge is 1.94. The predicted octanol–water partition coefficient (Wildman–Crippen LogP) is 10.2. The first kappa shape index (κ1) is 26.5. The van der Waals surface area contributed by atoms with Crippen molar-refractivity contribution in [1.29, 1.82) is 0 Å². The van der Waals surface area contributed by atoms with Gasteiger partial charge in [-0.1, -0.05) is 157 Å². The van der Waals surface area contributed by atoms with Crippen molar-refractivity contribution in [3.8, 4) is 0 Å². The van der Waals surface area contributed by atoms with Crippen molar-refractivity contribution < 1.29 is 0 Å². The topological polar surface area (TPSA) is 0 Å². The molecular weight excluding hydrogens is 360 g/mol. The lowest BCUT2D eigenvalue weighted by Gasteiger charge is -2.03. The minimum atomic E-state index is 1.09. The molecule has 0 saturated carbocycles. The molecule has 1 aliphatic rings. The Morgan fingerprint density at radius 1 is 0.333 bits per heavy atom. The van der Waals surface area contributed by atoms with Gasteiger partial charge in [0.1, 0.15) is 0 Å². The molecule has 0 N–H and O–H groups in total. The van der Waals surface area contributed by atoms with Gasteiger partial charge in [-0.05, 0) is 31.8 Å². The molecule has 0 amide bonds. The molecule has 0 heterocycles. The lowest BCUT2D eigenvalue weighted by molar-refractivity contribution is 0.528. The average molecular weight is 408 g/mol. The van der Waals surface area contributed by atoms with Gasteiger partial charge in [0.25, 0.3) is 0 Å². The van der Waals surface area contributed by atoms with Gasteiger partial charge in [0.2, 0.25) is 0 Å². The lowest BCUT2D eigenvalue weighted by Crippen LogP contribution is -1.84. The Balaban J connectivity index is 2.24. The van der Waals surface area contributed by atoms with Crippen molar-refractivity contribution >= 4 is 0 Å². The summed E-state index contributed by atoms with van der Waals surface area (Å²) in [5.41, 5.74) is 0. The van der Waals surface area contributed by atoms with Crippen LogP contribution >= 0.6 is 0 Å². The van der Waals surface area contributed by atoms with Gasteiger partial charge in [-0.25, -0.2) is 0 Å². The van der Waals surface area contributed by atoms with E-state index in [4.69, 9.17) is 0 Å². The molecule has 0 aliphatic heterocycles. The summed E-state index contributed by atoms with van der Waals surface area (Å²) in [6, 6.07) is 0. The molecule has 0 fully saturated rings. The minimum Gasteiger partial charge on any atom is -0.0845 e. The first-order valence-corrected chi connectivity index (χ1v) is 12.9. The Morgan fingerprint density at radius 3 is 1.20 bits per heavy atom. The second-order valence-corrected chi connectivity index (χ2v) is 8.53. The summed E-state index contributed by atoms with van der Waals surface area (Å²) >= 11 is 0. The molecule has 0 aromatic carbocycles. The van der Waals surface area contributed by atoms with Gasteiger partial charge in [0, 0.05) is 0 Å². The van der Waals surface area contributed by atoms with Gasteiger partial charge in [-0.3, -0.25) is 0 Å². The zero-order valence-electron chi connectivity index (χ0n) is 19.6. The van der Waals surface area contributed by atoms with Crippen LogP contribution < -0.4 is 0 Å². The van der Waals surface area contributed by atoms with E-state index in [0.29, 0.717) is 0 Å². The molecule has 1 rings (SSSR count). The Kier molecular flexibility index (Phi) is 20.9. The lowest BCUT2D eigenvalue weighted by atomic mass is 10.0. The van der Waals surface area contributed by atoms with Gasteiger partial charge < -0.3 is 0 Å². The van der Waals surface area contributed by atoms with E-state index in [1.807, 2.05) is 0 Å². The SMILES string of the molecule is [C]1=C/C=C\C=C/C=C\C=C/C=CCCCCCCCCCCCCCCCCCC\1. The van der Waals surface area contributed by atoms with E-state index >= 15 is 0 Å². The number of allylic oxidation sites excluding steroid dienone is 12. The van der Waals surface area contributed by atoms with Crippen LogP contribution in [0.2, 0.25) is 0 Å². The van der Waals surface area contributed by atoms with Crippen molar-refractivity contribution in [3.63, 3.8) is 0 Å². The van der Waals surface area contributed by atoms with Gasteiger partial charge in [0.15, 0.2) is 0 Å². The van der Waals surface area contributed by atoms with Crippen molar-refractivity contribution in [2.75, 3.05) is 0 Å². The van der Waals surface area contributed by atoms with E-state index in [1.54, 1.807) is 0 Å². The monoisotopic (exact) mass is 407 g/mol. The van der Waals surface area contributed by atoms with E-state index in [-0.39, 0.29) is 0 Å². The van der Waals surface area contributed by atoms with E-state index in [2.05, 4.69) is 72.9 Å². The van der Waals surface area contributed by atoms with E-state index in [9.17, 15) is 0 Å². The van der Waals surface area contributed by atoms with E-state index in [0.717, 1.165) is 6.42 Å². The van der Waals surface area contributed by atoms with Gasteiger partial charge in [0.05, 0.1) is 0 Å². The molecule has 0 unspecified atom stereocenters. The molecule has 1 radical (unpaired) electrons. The summed E-state index contributed by atoms with van der Waals surface area (Å²) < 4.78 is 0. The largest absolute Gasteiger partial charge is 0.0845 e. The van der Waals surface area contributed by atoms with Gasteiger partial charge in [-0.2, -0.15) is 0 Å². The van der Waals surface area contributed by atoms with Crippen LogP contribution in [-0.4, -0.2) is 0 Å². The van der Waals surface area contributed by atoms with Gasteiger partial charge >= 0.3 is 0 Å². The van der Waals surface area contributed by atoms with Crippen LogP contribution in [-0.2, 0) is 0 Å². The normalized spacial score (nSPS) is 26.1. The van der Waals surface area contributed by atoms with Crippen molar-refractivity contribution in [1.82, 2.24) is 0 Å². The second-order valence-electron chi connectivity index (χ2n) is 8.53. The Hall–Kier alpha value is -1.56. The fourth-order valence-electron chi connectivity index (χ4n) is 3.79. The molecule has 1 aliphatic carbocycles. The highest BCUT2D eigenvalue weighted by molar-refractivity contribution is 5.19. The summed E-state index contributed by atoms with van der Waals surface area (Å²) in [6.45, 7) is 0. The van der Waals surface area contributed by atoms with Gasteiger partial charge in [-0.15, -0.1) is 0 Å². The molecule has 0 bridgehead atoms. The van der Waals surface area contributed by atoms with Crippen LogP contribution in [0.1, 0.15) is 116 Å². The average Bonchev–Trinajstić information content (AvgIpc) is 2.76. The highest BCUT2D eigenvalue weighted by atomic mass is 14.0. The first-order valence-electron chi connectivity index (χ1n) is 12.9. The summed E-state index contributed by atoms with van der Waals surface area (Å²) in [5, 5.41) is 0. The molecule has 0 aromatic rings. The van der Waals surface area contributed by atoms with Crippen molar-refractivity contribution in [3.05, 3.63) is 72.9 Å². The molecule has 167 valence electrons. The summed E-state index contributed by atoms with van der Waals surface area (Å²) in [6.07, 6.45) is 51.5. The standard InChI is InChI=1S/C30H47/c1-2-4-6-8-10-12-14-16-18-20-22-24-26-28-30-29-27-25-23-21-19-17-15-13-11-9-7-5-3-1/h1-11H,12,14-30H2/b2-1-,5-3-,6-4-,9-7-,10-8?,13-11?. The number of hydrogen-bond donors (Lipinski definition) is 0. The fourth-order valence-corrected chi connectivity index (χ4v) is 3.79. The molecule has 30 heavy (non-hydrogen) atoms. The highest BCUT2D eigenvalue weighted by Crippen LogP contribution is 2.14. The quantitative estimate of drug-likeness (QED) is 0.374. The van der Waals surface area contributed by atoms with Crippen LogP contribution in [0.3, 0.4) is 0 Å². The first-order chi connectivity index (χ1) is 15.0. The molecule has 0 atom stereocenters. The van der Waals surface area contributed by atoms with Crippen molar-refractivity contribution in [2.24, 2.45) is 0 Å². The van der Waals surface area contributed by atoms with Crippen LogP contribution in [0.25, 0.3) is 0 Å². The zero-order valence-corrected chi connectivity index (χ0v) is 19.6. The molecular formula is C30H47. The zero-order chi connectivity index (χ0) is 21.2. The molecule has 0 spiro atoms. The second kappa shape index (κ2) is 23.7. The molecule has 0 nitrogen and oxygen atoms in total. The predicted molar refractivity (Wildman–Crippen MR) is 137 cm³/mol. The van der Waals surface area contributed by atoms with E-state index in [1.165, 1.54) is 109 Å². The van der Waals surface area contributed by atoms with Crippen LogP contribution in [0.5, 0.6) is 0 Å². The third-order valence-electron chi connectivity index (χ3n) is 5.68. The summed E-state index contributed by atoms with van der Waals surface area (Å²) in [5.74, 6) is 0. The smallest absolute Gasteiger partial charge is 0.0276 e. The maximum Gasteiger partial charge on any atom is -0.0276 e. The Labute approximate surface area is 188 Å². The van der Waals surface area contributed by atoms with Crippen LogP contribution in [0.15, 0.2) is 66.8 Å². The summed E-state index contributed by atoms with van der Waals surface area (Å²) in [7, 11) is 0. The van der Waals surface area contributed by atoms with Crippen molar-refractivity contribution in [2.45, 2.75) is 116 Å². The van der Waals surface area contributed by atoms with E-state index < -0.39 is 0 Å². The molecule has 0 saturated heterocycles. The Bertz CT molecular complexity index is 464. The third-order valence-corrected chi connectivity index (χ3v) is 5.68.